The van der Waals surface area contributed by atoms with Crippen LogP contribution in [-0.4, -0.2) is 11.1 Å². The van der Waals surface area contributed by atoms with Crippen molar-refractivity contribution in [1.29, 1.82) is 0 Å². The fraction of sp³-hybridized carbons (Fsp3) is 0.182. The lowest BCUT2D eigenvalue weighted by Crippen LogP contribution is -2.02. The van der Waals surface area contributed by atoms with Gasteiger partial charge < -0.3 is 9.84 Å². The van der Waals surface area contributed by atoms with Crippen molar-refractivity contribution < 1.29 is 14.6 Å². The molecular weight excluding hydrogens is 180 g/mol. The predicted molar refractivity (Wildman–Crippen MR) is 50.6 cm³/mol. The highest BCUT2D eigenvalue weighted by molar-refractivity contribution is 5.91. The first-order valence-corrected chi connectivity index (χ1v) is 4.36. The largest absolute Gasteiger partial charge is 0.507 e. The number of rotatable bonds is 1. The molecule has 72 valence electrons. The molecule has 1 N–H and O–H groups in total. The minimum absolute atomic E-state index is 0.0150. The van der Waals surface area contributed by atoms with Crippen LogP contribution in [0, 0.1) is 0 Å². The van der Waals surface area contributed by atoms with Crippen LogP contribution in [0.15, 0.2) is 41.7 Å². The molecule has 0 spiro atoms. The molecule has 0 bridgehead atoms. The van der Waals surface area contributed by atoms with E-state index in [9.17, 15) is 9.90 Å². The van der Waals surface area contributed by atoms with Crippen LogP contribution in [-0.2, 0) is 9.53 Å². The average Bonchev–Trinajstić information content (AvgIpc) is 2.47. The van der Waals surface area contributed by atoms with Gasteiger partial charge in [0, 0.05) is 5.56 Å². The summed E-state index contributed by atoms with van der Waals surface area (Å²) in [5.41, 5.74) is 1.08. The number of carbonyl (C=O) groups excluding carboxylic acids is 1. The summed E-state index contributed by atoms with van der Waals surface area (Å²) in [6, 6.07) is 9.17. The first-order chi connectivity index (χ1) is 6.70. The van der Waals surface area contributed by atoms with Gasteiger partial charge in [0.05, 0.1) is 5.57 Å². The maximum Gasteiger partial charge on any atom is 0.338 e. The zero-order valence-corrected chi connectivity index (χ0v) is 7.73. The Morgan fingerprint density at radius 3 is 2.43 bits per heavy atom. The number of benzene rings is 1. The van der Waals surface area contributed by atoms with Crippen LogP contribution in [0.4, 0.5) is 0 Å². The molecule has 0 fully saturated rings. The monoisotopic (exact) mass is 190 g/mol. The van der Waals surface area contributed by atoms with Crippen LogP contribution in [0.5, 0.6) is 0 Å². The summed E-state index contributed by atoms with van der Waals surface area (Å²) >= 11 is 0. The van der Waals surface area contributed by atoms with Crippen molar-refractivity contribution in [2.75, 3.05) is 0 Å². The predicted octanol–water partition coefficient (Wildman–Crippen LogP) is 2.12. The first kappa shape index (κ1) is 8.81. The topological polar surface area (TPSA) is 46.5 Å². The summed E-state index contributed by atoms with van der Waals surface area (Å²) in [7, 11) is 0. The summed E-state index contributed by atoms with van der Waals surface area (Å²) < 4.78 is 5.01. The SMILES string of the molecule is CC1=C(O)[C@@H](c2ccccc2)OC1=O. The Balaban J connectivity index is 2.36. The Morgan fingerprint density at radius 1 is 1.29 bits per heavy atom. The Hall–Kier alpha value is -1.77. The number of carbonyl (C=O) groups is 1. The molecule has 2 rings (SSSR count). The third-order valence-corrected chi connectivity index (χ3v) is 2.27. The number of aliphatic hydroxyl groups excluding tert-OH is 1. The van der Waals surface area contributed by atoms with Crippen molar-refractivity contribution in [2.45, 2.75) is 13.0 Å². The standard InChI is InChI=1S/C11H10O3/c1-7-9(12)10(14-11(7)13)8-5-3-2-4-6-8/h2-6,10,12H,1H3/t10-/m1/s1. The Kier molecular flexibility index (Phi) is 2.00. The molecule has 14 heavy (non-hydrogen) atoms. The summed E-state index contributed by atoms with van der Waals surface area (Å²) in [5.74, 6) is -0.433. The van der Waals surface area contributed by atoms with Crippen LogP contribution in [0.3, 0.4) is 0 Å². The van der Waals surface area contributed by atoms with Crippen molar-refractivity contribution in [2.24, 2.45) is 0 Å². The molecule has 0 saturated heterocycles. The summed E-state index contributed by atoms with van der Waals surface area (Å²) in [4.78, 5) is 11.1. The molecule has 3 heteroatoms. The van der Waals surface area contributed by atoms with Crippen molar-refractivity contribution in [3.05, 3.63) is 47.2 Å². The molecular formula is C11H10O3. The van der Waals surface area contributed by atoms with Crippen LogP contribution < -0.4 is 0 Å². The lowest BCUT2D eigenvalue weighted by Gasteiger charge is -2.09. The number of hydrogen-bond donors (Lipinski definition) is 1. The van der Waals surface area contributed by atoms with E-state index in [1.807, 2.05) is 30.3 Å². The molecule has 1 atom stereocenters. The van der Waals surface area contributed by atoms with E-state index >= 15 is 0 Å². The van der Waals surface area contributed by atoms with E-state index in [4.69, 9.17) is 4.74 Å². The van der Waals surface area contributed by atoms with E-state index in [0.717, 1.165) is 5.56 Å². The van der Waals surface area contributed by atoms with E-state index in [-0.39, 0.29) is 5.76 Å². The lowest BCUT2D eigenvalue weighted by molar-refractivity contribution is -0.140. The van der Waals surface area contributed by atoms with E-state index in [1.165, 1.54) is 0 Å². The molecule has 1 heterocycles. The maximum atomic E-state index is 11.1. The molecule has 1 aliphatic rings. The summed E-state index contributed by atoms with van der Waals surface area (Å²) in [6.45, 7) is 1.56. The van der Waals surface area contributed by atoms with Gasteiger partial charge in [-0.25, -0.2) is 4.79 Å². The highest BCUT2D eigenvalue weighted by Gasteiger charge is 2.32. The Morgan fingerprint density at radius 2 is 1.93 bits per heavy atom. The molecule has 1 aromatic rings. The van der Waals surface area contributed by atoms with Gasteiger partial charge in [0.2, 0.25) is 0 Å². The Bertz CT molecular complexity index is 392. The van der Waals surface area contributed by atoms with Gasteiger partial charge in [-0.05, 0) is 6.92 Å². The molecule has 1 aromatic carbocycles. The number of cyclic esters (lactones) is 1. The van der Waals surface area contributed by atoms with Crippen LogP contribution in [0.25, 0.3) is 0 Å². The van der Waals surface area contributed by atoms with Crippen molar-refractivity contribution in [3.8, 4) is 0 Å². The van der Waals surface area contributed by atoms with E-state index in [2.05, 4.69) is 0 Å². The molecule has 0 radical (unpaired) electrons. The van der Waals surface area contributed by atoms with Crippen molar-refractivity contribution >= 4 is 5.97 Å². The minimum Gasteiger partial charge on any atom is -0.507 e. The van der Waals surface area contributed by atoms with Gasteiger partial charge in [-0.15, -0.1) is 0 Å². The second-order valence-corrected chi connectivity index (χ2v) is 3.21. The zero-order valence-electron chi connectivity index (χ0n) is 7.73. The molecule has 3 nitrogen and oxygen atoms in total. The minimum atomic E-state index is -0.622. The van der Waals surface area contributed by atoms with E-state index < -0.39 is 12.1 Å². The zero-order chi connectivity index (χ0) is 10.1. The number of hydrogen-bond acceptors (Lipinski definition) is 3. The fourth-order valence-electron chi connectivity index (χ4n) is 1.41. The fourth-order valence-corrected chi connectivity index (χ4v) is 1.41. The third-order valence-electron chi connectivity index (χ3n) is 2.27. The van der Waals surface area contributed by atoms with Gasteiger partial charge in [-0.1, -0.05) is 30.3 Å². The summed E-state index contributed by atoms with van der Waals surface area (Å²) in [6.07, 6.45) is -0.622. The quantitative estimate of drug-likeness (QED) is 0.690. The molecule has 1 aliphatic heterocycles. The second-order valence-electron chi connectivity index (χ2n) is 3.21. The van der Waals surface area contributed by atoms with Crippen LogP contribution >= 0.6 is 0 Å². The number of ether oxygens (including phenoxy) is 1. The number of esters is 1. The van der Waals surface area contributed by atoms with Crippen LogP contribution in [0.1, 0.15) is 18.6 Å². The second kappa shape index (κ2) is 3.18. The third kappa shape index (κ3) is 1.27. The van der Waals surface area contributed by atoms with Gasteiger partial charge in [0.15, 0.2) is 6.10 Å². The molecule has 0 aromatic heterocycles. The Labute approximate surface area is 81.6 Å². The molecule has 0 aliphatic carbocycles. The van der Waals surface area contributed by atoms with Gasteiger partial charge in [0.25, 0.3) is 0 Å². The van der Waals surface area contributed by atoms with Gasteiger partial charge in [-0.3, -0.25) is 0 Å². The molecule has 0 amide bonds. The molecule has 0 saturated carbocycles. The lowest BCUT2D eigenvalue weighted by atomic mass is 10.1. The highest BCUT2D eigenvalue weighted by Crippen LogP contribution is 2.32. The van der Waals surface area contributed by atoms with Gasteiger partial charge in [0.1, 0.15) is 5.76 Å². The highest BCUT2D eigenvalue weighted by atomic mass is 16.6. The van der Waals surface area contributed by atoms with E-state index in [0.29, 0.717) is 5.57 Å². The summed E-state index contributed by atoms with van der Waals surface area (Å²) in [5, 5.41) is 9.62. The van der Waals surface area contributed by atoms with Gasteiger partial charge >= 0.3 is 5.97 Å². The maximum absolute atomic E-state index is 11.1. The number of aliphatic hydroxyl groups is 1. The van der Waals surface area contributed by atoms with E-state index in [1.54, 1.807) is 6.92 Å². The smallest absolute Gasteiger partial charge is 0.338 e. The van der Waals surface area contributed by atoms with Crippen LogP contribution in [0.2, 0.25) is 0 Å². The molecule has 0 unspecified atom stereocenters. The van der Waals surface area contributed by atoms with Crippen molar-refractivity contribution in [1.82, 2.24) is 0 Å². The van der Waals surface area contributed by atoms with Crippen molar-refractivity contribution in [3.63, 3.8) is 0 Å². The average molecular weight is 190 g/mol. The first-order valence-electron chi connectivity index (χ1n) is 4.36. The van der Waals surface area contributed by atoms with Gasteiger partial charge in [-0.2, -0.15) is 0 Å². The normalized spacial score (nSPS) is 21.2.